The summed E-state index contributed by atoms with van der Waals surface area (Å²) in [6.45, 7) is 2.29. The number of ketones is 3. The van der Waals surface area contributed by atoms with Crippen LogP contribution in [0.15, 0.2) is 115 Å². The third-order valence-electron chi connectivity index (χ3n) is 9.42. The number of hydrogen-bond donors (Lipinski definition) is 0. The van der Waals surface area contributed by atoms with Crippen molar-refractivity contribution in [2.45, 2.75) is 24.9 Å². The Labute approximate surface area is 254 Å². The highest BCUT2D eigenvalue weighted by molar-refractivity contribution is 6.32. The van der Waals surface area contributed by atoms with E-state index >= 15 is 0 Å². The molecule has 0 unspecified atom stereocenters. The first-order valence-corrected chi connectivity index (χ1v) is 14.9. The SMILES string of the molecule is CCOc1ccccc1[C@H]1[C@H](C(=O)c2ccccc2)N2c3c(ccc4cccnc34)C=C[C@@H]2C12C(=O)c1ccccc1C2=O. The Hall–Kier alpha value is -5.36. The zero-order chi connectivity index (χ0) is 30.0. The van der Waals surface area contributed by atoms with Gasteiger partial charge in [-0.1, -0.05) is 103 Å². The van der Waals surface area contributed by atoms with Gasteiger partial charge in [-0.3, -0.25) is 19.4 Å². The maximum Gasteiger partial charge on any atom is 0.185 e. The van der Waals surface area contributed by atoms with Crippen molar-refractivity contribution in [3.05, 3.63) is 143 Å². The van der Waals surface area contributed by atoms with Crippen LogP contribution in [0, 0.1) is 5.41 Å². The van der Waals surface area contributed by atoms with Crippen molar-refractivity contribution in [3.63, 3.8) is 0 Å². The Bertz CT molecular complexity index is 2000. The zero-order valence-electron chi connectivity index (χ0n) is 24.0. The Morgan fingerprint density at radius 3 is 2.30 bits per heavy atom. The molecule has 1 aliphatic carbocycles. The molecule has 0 radical (unpaired) electrons. The van der Waals surface area contributed by atoms with E-state index in [1.165, 1.54) is 0 Å². The Kier molecular flexibility index (Phi) is 5.88. The van der Waals surface area contributed by atoms with E-state index in [9.17, 15) is 14.4 Å². The van der Waals surface area contributed by atoms with Gasteiger partial charge in [-0.25, -0.2) is 0 Å². The molecule has 44 heavy (non-hydrogen) atoms. The van der Waals surface area contributed by atoms with E-state index in [-0.39, 0.29) is 17.3 Å². The highest BCUT2D eigenvalue weighted by Crippen LogP contribution is 2.62. The van der Waals surface area contributed by atoms with E-state index in [4.69, 9.17) is 9.72 Å². The number of aromatic nitrogens is 1. The number of Topliss-reactive ketones (excluding diaryl/α,β-unsaturated/α-hetero) is 3. The Morgan fingerprint density at radius 2 is 1.55 bits per heavy atom. The monoisotopic (exact) mass is 576 g/mol. The van der Waals surface area contributed by atoms with E-state index in [0.29, 0.717) is 34.6 Å². The van der Waals surface area contributed by atoms with Gasteiger partial charge in [0.15, 0.2) is 17.3 Å². The molecule has 6 nitrogen and oxygen atoms in total. The molecule has 0 bridgehead atoms. The summed E-state index contributed by atoms with van der Waals surface area (Å²) < 4.78 is 6.14. The number of carbonyl (C=O) groups excluding carboxylic acids is 3. The molecule has 3 heterocycles. The number of hydrogen-bond acceptors (Lipinski definition) is 6. The lowest BCUT2D eigenvalue weighted by atomic mass is 9.64. The molecule has 2 aliphatic heterocycles. The molecule has 1 saturated heterocycles. The van der Waals surface area contributed by atoms with Gasteiger partial charge in [0.1, 0.15) is 17.2 Å². The molecular weight excluding hydrogens is 548 g/mol. The Morgan fingerprint density at radius 1 is 0.841 bits per heavy atom. The van der Waals surface area contributed by atoms with Gasteiger partial charge >= 0.3 is 0 Å². The Balaban J connectivity index is 1.50. The topological polar surface area (TPSA) is 76.6 Å². The number of fused-ring (bicyclic) bond motifs is 7. The lowest BCUT2D eigenvalue weighted by Crippen LogP contribution is -2.48. The van der Waals surface area contributed by atoms with Crippen LogP contribution in [-0.4, -0.2) is 41.0 Å². The van der Waals surface area contributed by atoms with Crippen LogP contribution in [0.1, 0.15) is 55.0 Å². The van der Waals surface area contributed by atoms with Crippen LogP contribution in [0.3, 0.4) is 0 Å². The summed E-state index contributed by atoms with van der Waals surface area (Å²) >= 11 is 0. The van der Waals surface area contributed by atoms with Gasteiger partial charge in [-0.05, 0) is 24.6 Å². The number of para-hydroxylation sites is 1. The summed E-state index contributed by atoms with van der Waals surface area (Å²) in [4.78, 5) is 51.7. The van der Waals surface area contributed by atoms with Crippen molar-refractivity contribution < 1.29 is 19.1 Å². The molecule has 4 aromatic carbocycles. The summed E-state index contributed by atoms with van der Waals surface area (Å²) in [5.41, 5.74) is 2.67. The molecule has 0 amide bonds. The minimum Gasteiger partial charge on any atom is -0.494 e. The van der Waals surface area contributed by atoms with E-state index in [1.807, 2.05) is 90.7 Å². The van der Waals surface area contributed by atoms with Gasteiger partial charge in [-0.2, -0.15) is 0 Å². The molecule has 3 atom stereocenters. The molecule has 5 aromatic rings. The molecule has 0 N–H and O–H groups in total. The quantitative estimate of drug-likeness (QED) is 0.167. The van der Waals surface area contributed by atoms with Crippen LogP contribution < -0.4 is 9.64 Å². The highest BCUT2D eigenvalue weighted by atomic mass is 16.5. The first-order valence-electron chi connectivity index (χ1n) is 14.9. The fourth-order valence-electron chi connectivity index (χ4n) is 7.72. The van der Waals surface area contributed by atoms with Crippen LogP contribution in [0.25, 0.3) is 17.0 Å². The number of ether oxygens (including phenoxy) is 1. The molecule has 8 rings (SSSR count). The molecule has 1 aromatic heterocycles. The van der Waals surface area contributed by atoms with Crippen LogP contribution >= 0.6 is 0 Å². The molecule has 1 fully saturated rings. The summed E-state index contributed by atoms with van der Waals surface area (Å²) in [6, 6.07) is 29.9. The number of rotatable bonds is 5. The van der Waals surface area contributed by atoms with Gasteiger partial charge in [0.2, 0.25) is 0 Å². The summed E-state index contributed by atoms with van der Waals surface area (Å²) in [7, 11) is 0. The van der Waals surface area contributed by atoms with E-state index in [2.05, 4.69) is 0 Å². The fourth-order valence-corrected chi connectivity index (χ4v) is 7.72. The van der Waals surface area contributed by atoms with Crippen LogP contribution in [0.4, 0.5) is 5.69 Å². The molecule has 1 spiro atoms. The second-order valence-electron chi connectivity index (χ2n) is 11.5. The average molecular weight is 577 g/mol. The number of pyridine rings is 1. The van der Waals surface area contributed by atoms with Crippen LogP contribution in [0.5, 0.6) is 5.75 Å². The molecule has 0 saturated carbocycles. The third-order valence-corrected chi connectivity index (χ3v) is 9.42. The maximum absolute atomic E-state index is 15.0. The smallest absolute Gasteiger partial charge is 0.185 e. The van der Waals surface area contributed by atoms with Gasteiger partial charge in [-0.15, -0.1) is 0 Å². The number of carbonyl (C=O) groups is 3. The highest BCUT2D eigenvalue weighted by Gasteiger charge is 2.72. The maximum atomic E-state index is 15.0. The molecule has 6 heteroatoms. The van der Waals surface area contributed by atoms with Gasteiger partial charge in [0, 0.05) is 39.8 Å². The largest absolute Gasteiger partial charge is 0.494 e. The average Bonchev–Trinajstić information content (AvgIpc) is 3.50. The van der Waals surface area contributed by atoms with E-state index in [1.54, 1.807) is 42.6 Å². The number of nitrogens with zero attached hydrogens (tertiary/aromatic N) is 2. The van der Waals surface area contributed by atoms with Crippen molar-refractivity contribution >= 4 is 40.0 Å². The second kappa shape index (κ2) is 9.85. The summed E-state index contributed by atoms with van der Waals surface area (Å²) in [5, 5.41) is 0.908. The minimum atomic E-state index is -1.61. The lowest BCUT2D eigenvalue weighted by molar-refractivity contribution is 0.0664. The van der Waals surface area contributed by atoms with Crippen molar-refractivity contribution in [2.24, 2.45) is 5.41 Å². The van der Waals surface area contributed by atoms with Gasteiger partial charge in [0.05, 0.1) is 23.9 Å². The first kappa shape index (κ1) is 26.3. The zero-order valence-corrected chi connectivity index (χ0v) is 24.0. The van der Waals surface area contributed by atoms with Crippen LogP contribution in [-0.2, 0) is 0 Å². The normalized spacial score (nSPS) is 20.9. The second-order valence-corrected chi connectivity index (χ2v) is 11.5. The summed E-state index contributed by atoms with van der Waals surface area (Å²) in [5.74, 6) is -1.01. The van der Waals surface area contributed by atoms with Crippen molar-refractivity contribution in [1.29, 1.82) is 0 Å². The van der Waals surface area contributed by atoms with Crippen LogP contribution in [0.2, 0.25) is 0 Å². The van der Waals surface area contributed by atoms with E-state index < -0.39 is 23.4 Å². The van der Waals surface area contributed by atoms with Crippen molar-refractivity contribution in [3.8, 4) is 5.75 Å². The molecule has 3 aliphatic rings. The lowest BCUT2D eigenvalue weighted by Gasteiger charge is -2.37. The van der Waals surface area contributed by atoms with Gasteiger partial charge < -0.3 is 9.64 Å². The predicted octanol–water partition coefficient (Wildman–Crippen LogP) is 6.95. The molecular formula is C38H28N2O4. The predicted molar refractivity (Wildman–Crippen MR) is 169 cm³/mol. The first-order chi connectivity index (χ1) is 21.6. The fraction of sp³-hybridized carbons (Fsp3) is 0.158. The number of benzene rings is 4. The van der Waals surface area contributed by atoms with Crippen molar-refractivity contribution in [1.82, 2.24) is 4.98 Å². The van der Waals surface area contributed by atoms with Crippen molar-refractivity contribution in [2.75, 3.05) is 11.5 Å². The van der Waals surface area contributed by atoms with E-state index in [0.717, 1.165) is 22.2 Å². The number of anilines is 1. The molecule has 214 valence electrons. The third kappa shape index (κ3) is 3.42. The van der Waals surface area contributed by atoms with Gasteiger partial charge in [0.25, 0.3) is 0 Å². The summed E-state index contributed by atoms with van der Waals surface area (Å²) in [6.07, 6.45) is 5.64. The minimum absolute atomic E-state index is 0.172. The standard InChI is InChI=1S/C38H28N2O4/c1-2-44-29-17-9-8-16-28(29)31-34(35(41)25-11-4-3-5-12-25)40-30(38(31)36(42)26-14-6-7-15-27(26)37(38)43)21-20-24-19-18-23-13-10-22-39-32(23)33(24)40/h3-22,30-31,34H,2H2,1H3/t30-,31+,34-/m1/s1.